The molecule has 17 heavy (non-hydrogen) atoms. The molecule has 0 aromatic rings. The lowest BCUT2D eigenvalue weighted by atomic mass is 9.84. The number of esters is 1. The molecule has 0 radical (unpaired) electrons. The third-order valence-corrected chi connectivity index (χ3v) is 3.79. The standard InChI is InChI=1S/C14H27NO2/c1-4-17-14(16)11(2)10-15-12(3)13-8-6-5-7-9-13/h11-13,15H,4-10H2,1-3H3/t11?,12-/m0/s1. The zero-order valence-electron chi connectivity index (χ0n) is 11.5. The van der Waals surface area contributed by atoms with Gasteiger partial charge >= 0.3 is 5.97 Å². The summed E-state index contributed by atoms with van der Waals surface area (Å²) < 4.78 is 5.00. The summed E-state index contributed by atoms with van der Waals surface area (Å²) in [7, 11) is 0. The van der Waals surface area contributed by atoms with Crippen LogP contribution in [-0.2, 0) is 9.53 Å². The zero-order valence-corrected chi connectivity index (χ0v) is 11.5. The Morgan fingerprint density at radius 1 is 1.29 bits per heavy atom. The van der Waals surface area contributed by atoms with E-state index in [4.69, 9.17) is 4.74 Å². The molecule has 100 valence electrons. The topological polar surface area (TPSA) is 38.3 Å². The van der Waals surface area contributed by atoms with E-state index in [1.165, 1.54) is 32.1 Å². The number of carbonyl (C=O) groups is 1. The molecular formula is C14H27NO2. The van der Waals surface area contributed by atoms with Crippen molar-refractivity contribution in [2.45, 2.75) is 58.9 Å². The van der Waals surface area contributed by atoms with Crippen LogP contribution in [0.4, 0.5) is 0 Å². The first kappa shape index (κ1) is 14.5. The molecule has 0 bridgehead atoms. The molecule has 0 aromatic heterocycles. The van der Waals surface area contributed by atoms with Crippen LogP contribution in [0.1, 0.15) is 52.9 Å². The van der Waals surface area contributed by atoms with Gasteiger partial charge in [-0.15, -0.1) is 0 Å². The minimum absolute atomic E-state index is 0.0407. The Morgan fingerprint density at radius 2 is 1.94 bits per heavy atom. The summed E-state index contributed by atoms with van der Waals surface area (Å²) in [5.74, 6) is 0.662. The molecule has 2 atom stereocenters. The number of rotatable bonds is 6. The maximum atomic E-state index is 11.5. The van der Waals surface area contributed by atoms with Crippen molar-refractivity contribution in [3.05, 3.63) is 0 Å². The highest BCUT2D eigenvalue weighted by molar-refractivity contribution is 5.72. The monoisotopic (exact) mass is 241 g/mol. The second-order valence-corrected chi connectivity index (χ2v) is 5.25. The molecule has 0 amide bonds. The van der Waals surface area contributed by atoms with Gasteiger partial charge in [0.2, 0.25) is 0 Å². The van der Waals surface area contributed by atoms with Crippen LogP contribution >= 0.6 is 0 Å². The largest absolute Gasteiger partial charge is 0.466 e. The first-order chi connectivity index (χ1) is 8.15. The van der Waals surface area contributed by atoms with Crippen LogP contribution in [0.15, 0.2) is 0 Å². The molecule has 0 aromatic carbocycles. The van der Waals surface area contributed by atoms with Crippen LogP contribution in [0.25, 0.3) is 0 Å². The van der Waals surface area contributed by atoms with Crippen molar-refractivity contribution in [1.29, 1.82) is 0 Å². The fourth-order valence-electron chi connectivity index (χ4n) is 2.53. The lowest BCUT2D eigenvalue weighted by Gasteiger charge is -2.29. The first-order valence-corrected chi connectivity index (χ1v) is 7.05. The molecule has 1 rings (SSSR count). The predicted octanol–water partition coefficient (Wildman–Crippen LogP) is 2.74. The van der Waals surface area contributed by atoms with Gasteiger partial charge in [-0.05, 0) is 32.6 Å². The third-order valence-electron chi connectivity index (χ3n) is 3.79. The van der Waals surface area contributed by atoms with Crippen LogP contribution < -0.4 is 5.32 Å². The zero-order chi connectivity index (χ0) is 12.7. The number of nitrogens with one attached hydrogen (secondary N) is 1. The Kier molecular flexibility index (Phi) is 6.56. The summed E-state index contributed by atoms with van der Waals surface area (Å²) >= 11 is 0. The second-order valence-electron chi connectivity index (χ2n) is 5.25. The lowest BCUT2D eigenvalue weighted by molar-refractivity contribution is -0.147. The average molecular weight is 241 g/mol. The number of hydrogen-bond donors (Lipinski definition) is 1. The number of hydrogen-bond acceptors (Lipinski definition) is 3. The molecule has 1 saturated carbocycles. The Morgan fingerprint density at radius 3 is 2.53 bits per heavy atom. The van der Waals surface area contributed by atoms with E-state index in [1.54, 1.807) is 0 Å². The van der Waals surface area contributed by atoms with Gasteiger partial charge in [0.15, 0.2) is 0 Å². The van der Waals surface area contributed by atoms with Gasteiger partial charge in [0, 0.05) is 12.6 Å². The van der Waals surface area contributed by atoms with Gasteiger partial charge in [-0.2, -0.15) is 0 Å². The minimum Gasteiger partial charge on any atom is -0.466 e. The van der Waals surface area contributed by atoms with Crippen LogP contribution in [-0.4, -0.2) is 25.2 Å². The van der Waals surface area contributed by atoms with Gasteiger partial charge in [-0.25, -0.2) is 0 Å². The second kappa shape index (κ2) is 7.70. The van der Waals surface area contributed by atoms with Crippen LogP contribution in [0.2, 0.25) is 0 Å². The highest BCUT2D eigenvalue weighted by atomic mass is 16.5. The van der Waals surface area contributed by atoms with E-state index in [0.29, 0.717) is 12.6 Å². The van der Waals surface area contributed by atoms with Gasteiger partial charge in [-0.1, -0.05) is 26.2 Å². The Hall–Kier alpha value is -0.570. The summed E-state index contributed by atoms with van der Waals surface area (Å²) in [5, 5.41) is 3.49. The number of carbonyl (C=O) groups excluding carboxylic acids is 1. The average Bonchev–Trinajstić information content (AvgIpc) is 2.36. The van der Waals surface area contributed by atoms with E-state index in [1.807, 2.05) is 13.8 Å². The quantitative estimate of drug-likeness (QED) is 0.727. The first-order valence-electron chi connectivity index (χ1n) is 7.05. The molecule has 1 fully saturated rings. The van der Waals surface area contributed by atoms with E-state index in [2.05, 4.69) is 12.2 Å². The van der Waals surface area contributed by atoms with Crippen LogP contribution in [0, 0.1) is 11.8 Å². The summed E-state index contributed by atoms with van der Waals surface area (Å²) in [4.78, 5) is 11.5. The van der Waals surface area contributed by atoms with Crippen LogP contribution in [0.5, 0.6) is 0 Å². The van der Waals surface area contributed by atoms with Crippen molar-refractivity contribution >= 4 is 5.97 Å². The van der Waals surface area contributed by atoms with Gasteiger partial charge in [0.25, 0.3) is 0 Å². The molecule has 0 aliphatic heterocycles. The van der Waals surface area contributed by atoms with Crippen LogP contribution in [0.3, 0.4) is 0 Å². The minimum atomic E-state index is -0.0872. The van der Waals surface area contributed by atoms with Crippen molar-refractivity contribution in [3.8, 4) is 0 Å². The van der Waals surface area contributed by atoms with Gasteiger partial charge in [0.05, 0.1) is 12.5 Å². The SMILES string of the molecule is CCOC(=O)C(C)CN[C@@H](C)C1CCCCC1. The van der Waals surface area contributed by atoms with Gasteiger partial charge in [0.1, 0.15) is 0 Å². The number of ether oxygens (including phenoxy) is 1. The Bertz CT molecular complexity index is 224. The normalized spacial score (nSPS) is 20.9. The van der Waals surface area contributed by atoms with E-state index in [-0.39, 0.29) is 11.9 Å². The molecule has 0 saturated heterocycles. The molecular weight excluding hydrogens is 214 g/mol. The third kappa shape index (κ3) is 5.07. The van der Waals surface area contributed by atoms with Gasteiger partial charge in [-0.3, -0.25) is 4.79 Å². The molecule has 1 aliphatic carbocycles. The highest BCUT2D eigenvalue weighted by Crippen LogP contribution is 2.26. The predicted molar refractivity (Wildman–Crippen MR) is 69.8 cm³/mol. The van der Waals surface area contributed by atoms with E-state index in [0.717, 1.165) is 12.5 Å². The summed E-state index contributed by atoms with van der Waals surface area (Å²) in [6, 6.07) is 0.521. The smallest absolute Gasteiger partial charge is 0.309 e. The van der Waals surface area contributed by atoms with E-state index >= 15 is 0 Å². The Balaban J connectivity index is 2.22. The highest BCUT2D eigenvalue weighted by Gasteiger charge is 2.21. The lowest BCUT2D eigenvalue weighted by Crippen LogP contribution is -2.39. The summed E-state index contributed by atoms with van der Waals surface area (Å²) in [5.41, 5.74) is 0. The fraction of sp³-hybridized carbons (Fsp3) is 0.929. The fourth-order valence-corrected chi connectivity index (χ4v) is 2.53. The summed E-state index contributed by atoms with van der Waals surface area (Å²) in [6.07, 6.45) is 6.79. The maximum Gasteiger partial charge on any atom is 0.309 e. The summed E-state index contributed by atoms with van der Waals surface area (Å²) in [6.45, 7) is 7.23. The van der Waals surface area contributed by atoms with E-state index < -0.39 is 0 Å². The molecule has 1 unspecified atom stereocenters. The molecule has 0 spiro atoms. The van der Waals surface area contributed by atoms with Crippen molar-refractivity contribution in [1.82, 2.24) is 5.32 Å². The molecule has 0 heterocycles. The van der Waals surface area contributed by atoms with Crippen molar-refractivity contribution in [3.63, 3.8) is 0 Å². The maximum absolute atomic E-state index is 11.5. The van der Waals surface area contributed by atoms with Crippen molar-refractivity contribution in [2.75, 3.05) is 13.2 Å². The molecule has 3 heteroatoms. The molecule has 3 nitrogen and oxygen atoms in total. The van der Waals surface area contributed by atoms with Crippen molar-refractivity contribution in [2.24, 2.45) is 11.8 Å². The van der Waals surface area contributed by atoms with Gasteiger partial charge < -0.3 is 10.1 Å². The molecule has 1 N–H and O–H groups in total. The van der Waals surface area contributed by atoms with Crippen molar-refractivity contribution < 1.29 is 9.53 Å². The Labute approximate surface area is 105 Å². The van der Waals surface area contributed by atoms with E-state index in [9.17, 15) is 4.79 Å². The molecule has 1 aliphatic rings.